The first-order chi connectivity index (χ1) is 14.3. The summed E-state index contributed by atoms with van der Waals surface area (Å²) in [5.74, 6) is 1.70. The highest BCUT2D eigenvalue weighted by Gasteiger charge is 2.20. The van der Waals surface area contributed by atoms with Crippen molar-refractivity contribution in [1.82, 2.24) is 24.7 Å². The molecule has 4 heterocycles. The van der Waals surface area contributed by atoms with E-state index < -0.39 is 0 Å². The maximum atomic E-state index is 5.57. The Hall–Kier alpha value is -3.45. The maximum absolute atomic E-state index is 5.57. The van der Waals surface area contributed by atoms with Crippen molar-refractivity contribution in [2.24, 2.45) is 7.05 Å². The smallest absolute Gasteiger partial charge is 0.162 e. The van der Waals surface area contributed by atoms with Gasteiger partial charge in [-0.05, 0) is 24.3 Å². The fraction of sp³-hybridized carbons (Fsp3) is 0.227. The number of hydrogen-bond acceptors (Lipinski definition) is 5. The van der Waals surface area contributed by atoms with Gasteiger partial charge in [0.25, 0.3) is 0 Å². The number of ether oxygens (including phenoxy) is 1. The lowest BCUT2D eigenvalue weighted by Gasteiger charge is -2.29. The van der Waals surface area contributed by atoms with Crippen molar-refractivity contribution in [1.29, 1.82) is 0 Å². The third-order valence-electron chi connectivity index (χ3n) is 5.75. The number of morpholine rings is 1. The van der Waals surface area contributed by atoms with Gasteiger partial charge in [0.15, 0.2) is 5.82 Å². The molecule has 1 aliphatic heterocycles. The van der Waals surface area contributed by atoms with Crippen LogP contribution in [0.25, 0.3) is 44.1 Å². The fourth-order valence-corrected chi connectivity index (χ4v) is 4.23. The average Bonchev–Trinajstić information content (AvgIpc) is 3.40. The van der Waals surface area contributed by atoms with Crippen molar-refractivity contribution >= 4 is 38.5 Å². The van der Waals surface area contributed by atoms with Gasteiger partial charge in [-0.25, -0.2) is 9.97 Å². The number of aromatic nitrogens is 5. The number of nitrogens with one attached hydrogen (secondary N) is 1. The maximum Gasteiger partial charge on any atom is 0.162 e. The monoisotopic (exact) mass is 384 g/mol. The predicted molar refractivity (Wildman–Crippen MR) is 114 cm³/mol. The highest BCUT2D eigenvalue weighted by Crippen LogP contribution is 2.34. The Kier molecular flexibility index (Phi) is 3.57. The molecule has 0 radical (unpaired) electrons. The van der Waals surface area contributed by atoms with Crippen LogP contribution in [0.1, 0.15) is 0 Å². The van der Waals surface area contributed by atoms with E-state index >= 15 is 0 Å². The first-order valence-electron chi connectivity index (χ1n) is 9.80. The van der Waals surface area contributed by atoms with E-state index in [4.69, 9.17) is 14.7 Å². The largest absolute Gasteiger partial charge is 0.378 e. The van der Waals surface area contributed by atoms with Gasteiger partial charge in [-0.1, -0.05) is 12.1 Å². The number of anilines is 1. The second kappa shape index (κ2) is 6.28. The molecule has 1 N–H and O–H groups in total. The van der Waals surface area contributed by atoms with E-state index in [1.165, 1.54) is 0 Å². The van der Waals surface area contributed by atoms with Crippen molar-refractivity contribution in [3.63, 3.8) is 0 Å². The zero-order chi connectivity index (χ0) is 19.4. The van der Waals surface area contributed by atoms with Gasteiger partial charge in [-0.2, -0.15) is 5.10 Å². The summed E-state index contributed by atoms with van der Waals surface area (Å²) >= 11 is 0. The first kappa shape index (κ1) is 16.5. The van der Waals surface area contributed by atoms with Crippen LogP contribution in [0.15, 0.2) is 48.8 Å². The van der Waals surface area contributed by atoms with Crippen LogP contribution in [0.5, 0.6) is 0 Å². The molecule has 0 spiro atoms. The summed E-state index contributed by atoms with van der Waals surface area (Å²) in [6, 6.07) is 12.5. The molecule has 0 amide bonds. The van der Waals surface area contributed by atoms with Gasteiger partial charge in [0.1, 0.15) is 5.82 Å². The van der Waals surface area contributed by atoms with Gasteiger partial charge in [0.05, 0.1) is 30.4 Å². The number of nitrogens with zero attached hydrogens (tertiary/aromatic N) is 5. The van der Waals surface area contributed by atoms with Crippen LogP contribution in [0.4, 0.5) is 5.82 Å². The van der Waals surface area contributed by atoms with E-state index in [2.05, 4.69) is 57.2 Å². The number of hydrogen-bond donors (Lipinski definition) is 1. The molecule has 3 aromatic heterocycles. The molecule has 0 unspecified atom stereocenters. The van der Waals surface area contributed by atoms with Crippen LogP contribution in [-0.2, 0) is 11.8 Å². The van der Waals surface area contributed by atoms with Crippen LogP contribution in [0.3, 0.4) is 0 Å². The summed E-state index contributed by atoms with van der Waals surface area (Å²) < 4.78 is 7.69. The Bertz CT molecular complexity index is 1360. The number of fused-ring (bicyclic) bond motifs is 4. The van der Waals surface area contributed by atoms with Gasteiger partial charge in [0, 0.05) is 53.6 Å². The molecule has 0 aliphatic carbocycles. The van der Waals surface area contributed by atoms with Crippen LogP contribution >= 0.6 is 0 Å². The second-order valence-electron chi connectivity index (χ2n) is 7.43. The summed E-state index contributed by atoms with van der Waals surface area (Å²) in [6.07, 6.45) is 3.92. The molecule has 1 aliphatic rings. The van der Waals surface area contributed by atoms with Gasteiger partial charge in [0.2, 0.25) is 0 Å². The van der Waals surface area contributed by atoms with Crippen molar-refractivity contribution in [3.05, 3.63) is 48.8 Å². The Balaban J connectivity index is 1.68. The summed E-state index contributed by atoms with van der Waals surface area (Å²) in [6.45, 7) is 3.08. The highest BCUT2D eigenvalue weighted by molar-refractivity contribution is 6.09. The Labute approximate surface area is 166 Å². The molecule has 144 valence electrons. The normalized spacial score (nSPS) is 15.0. The molecular formula is C22H20N6O. The highest BCUT2D eigenvalue weighted by atomic mass is 16.5. The van der Waals surface area contributed by atoms with Gasteiger partial charge < -0.3 is 14.2 Å². The van der Waals surface area contributed by atoms with E-state index in [9.17, 15) is 0 Å². The minimum atomic E-state index is 0.714. The molecule has 1 saturated heterocycles. The number of aryl methyl sites for hydroxylation is 1. The molecule has 29 heavy (non-hydrogen) atoms. The molecule has 2 aromatic carbocycles. The number of H-pyrrole nitrogens is 1. The quantitative estimate of drug-likeness (QED) is 0.504. The first-order valence-corrected chi connectivity index (χ1v) is 9.80. The van der Waals surface area contributed by atoms with Gasteiger partial charge in [-0.15, -0.1) is 0 Å². The Morgan fingerprint density at radius 1 is 0.966 bits per heavy atom. The van der Waals surface area contributed by atoms with Crippen molar-refractivity contribution in [2.75, 3.05) is 31.2 Å². The molecule has 0 saturated carbocycles. The third kappa shape index (κ3) is 2.51. The lowest BCUT2D eigenvalue weighted by Crippen LogP contribution is -2.37. The van der Waals surface area contributed by atoms with E-state index in [1.807, 2.05) is 18.3 Å². The average molecular weight is 384 g/mol. The molecular weight excluding hydrogens is 364 g/mol. The molecule has 6 rings (SSSR count). The molecule has 1 fully saturated rings. The summed E-state index contributed by atoms with van der Waals surface area (Å²) in [7, 11) is 2.06. The number of rotatable bonds is 2. The standard InChI is InChI=1S/C22H20N6O/c1-27-8-7-15-19(27)6-5-16-20(15)24-21(25-22(16)28-9-11-29-12-10-28)14-3-2-4-18-17(14)13-23-26-18/h2-8,13H,9-12H2,1H3,(H,23,26). The SMILES string of the molecule is Cn1ccc2c3nc(-c4cccc5[nH]ncc45)nc(N4CCOCC4)c3ccc21. The van der Waals surface area contributed by atoms with Crippen molar-refractivity contribution in [2.45, 2.75) is 0 Å². The van der Waals surface area contributed by atoms with E-state index in [-0.39, 0.29) is 0 Å². The summed E-state index contributed by atoms with van der Waals surface area (Å²) in [5.41, 5.74) is 4.12. The van der Waals surface area contributed by atoms with Gasteiger partial charge >= 0.3 is 0 Å². The second-order valence-corrected chi connectivity index (χ2v) is 7.43. The lowest BCUT2D eigenvalue weighted by atomic mass is 10.1. The molecule has 7 heteroatoms. The zero-order valence-electron chi connectivity index (χ0n) is 16.1. The minimum Gasteiger partial charge on any atom is -0.378 e. The van der Waals surface area contributed by atoms with Crippen molar-refractivity contribution in [3.8, 4) is 11.4 Å². The van der Waals surface area contributed by atoms with Crippen molar-refractivity contribution < 1.29 is 4.74 Å². The Morgan fingerprint density at radius 2 is 1.86 bits per heavy atom. The van der Waals surface area contributed by atoms with Gasteiger partial charge in [-0.3, -0.25) is 5.10 Å². The zero-order valence-corrected chi connectivity index (χ0v) is 16.1. The van der Waals surface area contributed by atoms with Crippen LogP contribution < -0.4 is 4.90 Å². The van der Waals surface area contributed by atoms with Crippen LogP contribution in [0.2, 0.25) is 0 Å². The summed E-state index contributed by atoms with van der Waals surface area (Å²) in [5, 5.41) is 10.5. The number of benzene rings is 2. The van der Waals surface area contributed by atoms with Crippen LogP contribution in [0, 0.1) is 0 Å². The lowest BCUT2D eigenvalue weighted by molar-refractivity contribution is 0.122. The van der Waals surface area contributed by atoms with Crippen LogP contribution in [-0.4, -0.2) is 51.0 Å². The summed E-state index contributed by atoms with van der Waals surface area (Å²) in [4.78, 5) is 12.4. The number of aromatic amines is 1. The fourth-order valence-electron chi connectivity index (χ4n) is 4.23. The molecule has 0 atom stereocenters. The third-order valence-corrected chi connectivity index (χ3v) is 5.75. The molecule has 7 nitrogen and oxygen atoms in total. The topological polar surface area (TPSA) is 71.9 Å². The molecule has 0 bridgehead atoms. The predicted octanol–water partition coefficient (Wildman–Crippen LogP) is 3.50. The Morgan fingerprint density at radius 3 is 2.76 bits per heavy atom. The molecule has 5 aromatic rings. The minimum absolute atomic E-state index is 0.714. The van der Waals surface area contributed by atoms with E-state index in [0.29, 0.717) is 13.2 Å². The van der Waals surface area contributed by atoms with E-state index in [1.54, 1.807) is 0 Å². The van der Waals surface area contributed by atoms with E-state index in [0.717, 1.165) is 63.0 Å².